The van der Waals surface area contributed by atoms with Gasteiger partial charge in [0.1, 0.15) is 6.54 Å². The topological polar surface area (TPSA) is 32.7 Å². The number of rotatable bonds is 2. The third kappa shape index (κ3) is 1.73. The molecule has 4 heteroatoms. The van der Waals surface area contributed by atoms with Crippen LogP contribution in [0.2, 0.25) is 0 Å². The summed E-state index contributed by atoms with van der Waals surface area (Å²) in [6.45, 7) is 2.91. The molecule has 0 fully saturated rings. The highest BCUT2D eigenvalue weighted by molar-refractivity contribution is 7.80. The van der Waals surface area contributed by atoms with Crippen LogP contribution in [0, 0.1) is 0 Å². The van der Waals surface area contributed by atoms with Gasteiger partial charge in [0.15, 0.2) is 0 Å². The summed E-state index contributed by atoms with van der Waals surface area (Å²) < 4.78 is 0. The molecule has 0 saturated carbocycles. The fraction of sp³-hybridized carbons (Fsp3) is 0.667. The van der Waals surface area contributed by atoms with Crippen LogP contribution in [-0.2, 0) is 4.79 Å². The Morgan fingerprint density at radius 1 is 2.00 bits per heavy atom. The molecule has 0 N–H and O–H groups in total. The summed E-state index contributed by atoms with van der Waals surface area (Å²) in [5.41, 5.74) is 0. The fourth-order valence-electron chi connectivity index (χ4n) is 0.806. The van der Waals surface area contributed by atoms with Crippen LogP contribution < -0.4 is 0 Å². The average molecular weight is 158 g/mol. The van der Waals surface area contributed by atoms with Crippen LogP contribution in [0.15, 0.2) is 4.99 Å². The molecule has 0 bridgehead atoms. The first-order valence-corrected chi connectivity index (χ1v) is 3.69. The molecule has 0 radical (unpaired) electrons. The molecule has 1 unspecified atom stereocenters. The number of hydrogen-bond donors (Lipinski definition) is 1. The zero-order valence-corrected chi connectivity index (χ0v) is 6.71. The predicted molar refractivity (Wildman–Crippen MR) is 43.5 cm³/mol. The standard InChI is InChI=1S/C6H10N2OS/c1-5(10)3-8-4-7-2-6(8)9/h4-5,10H,2-3H2,1H3. The Kier molecular flexibility index (Phi) is 2.32. The summed E-state index contributed by atoms with van der Waals surface area (Å²) in [4.78, 5) is 16.3. The smallest absolute Gasteiger partial charge is 0.249 e. The van der Waals surface area contributed by atoms with Crippen LogP contribution in [0.3, 0.4) is 0 Å². The first-order chi connectivity index (χ1) is 4.70. The third-order valence-electron chi connectivity index (χ3n) is 1.23. The van der Waals surface area contributed by atoms with Gasteiger partial charge >= 0.3 is 0 Å². The van der Waals surface area contributed by atoms with E-state index in [0.717, 1.165) is 0 Å². The molecule has 1 amide bonds. The number of thiol groups is 1. The lowest BCUT2D eigenvalue weighted by Crippen LogP contribution is -2.30. The van der Waals surface area contributed by atoms with E-state index in [1.54, 1.807) is 11.2 Å². The third-order valence-corrected chi connectivity index (χ3v) is 1.39. The molecule has 0 aromatic heterocycles. The second-order valence-corrected chi connectivity index (χ2v) is 3.23. The van der Waals surface area contributed by atoms with Gasteiger partial charge in [-0.15, -0.1) is 0 Å². The molecule has 0 aromatic rings. The van der Waals surface area contributed by atoms with Crippen LogP contribution >= 0.6 is 12.6 Å². The second kappa shape index (κ2) is 3.05. The predicted octanol–water partition coefficient (Wildman–Crippen LogP) is 0.175. The maximum atomic E-state index is 10.9. The molecule has 1 aliphatic rings. The molecule has 0 aliphatic carbocycles. The zero-order valence-electron chi connectivity index (χ0n) is 5.82. The minimum atomic E-state index is 0.0703. The highest BCUT2D eigenvalue weighted by Gasteiger charge is 2.16. The van der Waals surface area contributed by atoms with Gasteiger partial charge in [-0.1, -0.05) is 6.92 Å². The van der Waals surface area contributed by atoms with Gasteiger partial charge in [-0.2, -0.15) is 12.6 Å². The van der Waals surface area contributed by atoms with Crippen LogP contribution in [0.4, 0.5) is 0 Å². The van der Waals surface area contributed by atoms with E-state index in [0.29, 0.717) is 13.1 Å². The van der Waals surface area contributed by atoms with Crippen molar-refractivity contribution in [1.82, 2.24) is 4.90 Å². The zero-order chi connectivity index (χ0) is 7.56. The normalized spacial score (nSPS) is 20.2. The summed E-state index contributed by atoms with van der Waals surface area (Å²) in [5.74, 6) is 0.0703. The summed E-state index contributed by atoms with van der Waals surface area (Å²) in [6, 6.07) is 0. The van der Waals surface area contributed by atoms with Crippen molar-refractivity contribution in [3.63, 3.8) is 0 Å². The number of nitrogens with zero attached hydrogens (tertiary/aromatic N) is 2. The Morgan fingerprint density at radius 3 is 3.10 bits per heavy atom. The van der Waals surface area contributed by atoms with Crippen molar-refractivity contribution in [2.75, 3.05) is 13.1 Å². The Bertz CT molecular complexity index is 167. The van der Waals surface area contributed by atoms with Crippen molar-refractivity contribution < 1.29 is 4.79 Å². The molecule has 3 nitrogen and oxygen atoms in total. The summed E-state index contributed by atoms with van der Waals surface area (Å²) in [7, 11) is 0. The molecule has 0 aromatic carbocycles. The lowest BCUT2D eigenvalue weighted by Gasteiger charge is -2.13. The lowest BCUT2D eigenvalue weighted by molar-refractivity contribution is -0.124. The van der Waals surface area contributed by atoms with Gasteiger partial charge in [-0.3, -0.25) is 9.79 Å². The first kappa shape index (κ1) is 7.60. The lowest BCUT2D eigenvalue weighted by atomic mass is 10.4. The van der Waals surface area contributed by atoms with E-state index in [-0.39, 0.29) is 11.2 Å². The van der Waals surface area contributed by atoms with Gasteiger partial charge in [0.2, 0.25) is 5.91 Å². The van der Waals surface area contributed by atoms with Crippen molar-refractivity contribution in [1.29, 1.82) is 0 Å². The summed E-state index contributed by atoms with van der Waals surface area (Å²) in [5, 5.41) is 0.216. The Labute approximate surface area is 65.5 Å². The van der Waals surface area contributed by atoms with Crippen LogP contribution in [0.5, 0.6) is 0 Å². The van der Waals surface area contributed by atoms with Gasteiger partial charge in [-0.05, 0) is 0 Å². The Balaban J connectivity index is 2.41. The molecule has 1 heterocycles. The molecular weight excluding hydrogens is 148 g/mol. The minimum Gasteiger partial charge on any atom is -0.301 e. The molecule has 0 spiro atoms. The van der Waals surface area contributed by atoms with Crippen molar-refractivity contribution in [2.24, 2.45) is 4.99 Å². The Hall–Kier alpha value is -0.510. The number of carbonyl (C=O) groups is 1. The van der Waals surface area contributed by atoms with Crippen molar-refractivity contribution in [2.45, 2.75) is 12.2 Å². The van der Waals surface area contributed by atoms with Gasteiger partial charge < -0.3 is 4.90 Å². The molecule has 0 saturated heterocycles. The fourth-order valence-corrected chi connectivity index (χ4v) is 0.982. The molecule has 10 heavy (non-hydrogen) atoms. The number of hydrogen-bond acceptors (Lipinski definition) is 3. The minimum absolute atomic E-state index is 0.0703. The Morgan fingerprint density at radius 2 is 2.70 bits per heavy atom. The maximum Gasteiger partial charge on any atom is 0.249 e. The molecule has 56 valence electrons. The van der Waals surface area contributed by atoms with Crippen LogP contribution in [0.1, 0.15) is 6.92 Å². The van der Waals surface area contributed by atoms with E-state index < -0.39 is 0 Å². The molecule has 1 atom stereocenters. The molecular formula is C6H10N2OS. The van der Waals surface area contributed by atoms with E-state index in [9.17, 15) is 4.79 Å². The number of carbonyl (C=O) groups excluding carboxylic acids is 1. The van der Waals surface area contributed by atoms with Crippen molar-refractivity contribution >= 4 is 24.9 Å². The average Bonchev–Trinajstić information content (AvgIpc) is 2.15. The van der Waals surface area contributed by atoms with E-state index in [1.165, 1.54) is 0 Å². The molecule has 1 aliphatic heterocycles. The van der Waals surface area contributed by atoms with E-state index in [1.807, 2.05) is 6.92 Å². The highest BCUT2D eigenvalue weighted by Crippen LogP contribution is 2.00. The van der Waals surface area contributed by atoms with E-state index >= 15 is 0 Å². The summed E-state index contributed by atoms with van der Waals surface area (Å²) in [6.07, 6.45) is 1.58. The van der Waals surface area contributed by atoms with E-state index in [2.05, 4.69) is 17.6 Å². The van der Waals surface area contributed by atoms with Crippen LogP contribution in [0.25, 0.3) is 0 Å². The SMILES string of the molecule is CC(S)CN1C=NCC1=O. The van der Waals surface area contributed by atoms with Crippen molar-refractivity contribution in [3.05, 3.63) is 0 Å². The molecule has 1 rings (SSSR count). The quantitative estimate of drug-likeness (QED) is 0.571. The second-order valence-electron chi connectivity index (χ2n) is 2.35. The summed E-state index contributed by atoms with van der Waals surface area (Å²) >= 11 is 4.16. The van der Waals surface area contributed by atoms with Crippen molar-refractivity contribution in [3.8, 4) is 0 Å². The monoisotopic (exact) mass is 158 g/mol. The largest absolute Gasteiger partial charge is 0.301 e. The maximum absolute atomic E-state index is 10.9. The van der Waals surface area contributed by atoms with Gasteiger partial charge in [0.05, 0.1) is 6.34 Å². The van der Waals surface area contributed by atoms with E-state index in [4.69, 9.17) is 0 Å². The highest BCUT2D eigenvalue weighted by atomic mass is 32.1. The van der Waals surface area contributed by atoms with Gasteiger partial charge in [0.25, 0.3) is 0 Å². The van der Waals surface area contributed by atoms with Gasteiger partial charge in [0, 0.05) is 11.8 Å². The number of aliphatic imine (C=N–C) groups is 1. The number of amides is 1. The first-order valence-electron chi connectivity index (χ1n) is 3.17. The van der Waals surface area contributed by atoms with Gasteiger partial charge in [-0.25, -0.2) is 0 Å². The van der Waals surface area contributed by atoms with Crippen LogP contribution in [-0.4, -0.2) is 35.5 Å².